The highest BCUT2D eigenvalue weighted by molar-refractivity contribution is 8.00. The van der Waals surface area contributed by atoms with Gasteiger partial charge in [0, 0.05) is 6.42 Å². The third kappa shape index (κ3) is 7.94. The zero-order valence-electron chi connectivity index (χ0n) is 10.8. The van der Waals surface area contributed by atoms with Gasteiger partial charge in [0.15, 0.2) is 0 Å². The summed E-state index contributed by atoms with van der Waals surface area (Å²) in [5.41, 5.74) is 0. The monoisotopic (exact) mass is 277 g/mol. The number of nitrogens with one attached hydrogen (secondary N) is 1. The highest BCUT2D eigenvalue weighted by Crippen LogP contribution is 2.08. The van der Waals surface area contributed by atoms with Crippen LogP contribution in [-0.4, -0.2) is 47.1 Å². The molecule has 0 aliphatic rings. The molecule has 7 heteroatoms. The lowest BCUT2D eigenvalue weighted by atomic mass is 10.1. The predicted octanol–water partition coefficient (Wildman–Crippen LogP) is 0.651. The van der Waals surface area contributed by atoms with Crippen molar-refractivity contribution in [2.24, 2.45) is 0 Å². The summed E-state index contributed by atoms with van der Waals surface area (Å²) in [7, 11) is 1.23. The highest BCUT2D eigenvalue weighted by atomic mass is 32.2. The number of aliphatic carboxylic acids is 1. The maximum Gasteiger partial charge on any atom is 0.326 e. The van der Waals surface area contributed by atoms with Crippen molar-refractivity contribution in [3.05, 3.63) is 0 Å². The van der Waals surface area contributed by atoms with Gasteiger partial charge in [-0.2, -0.15) is 0 Å². The van der Waals surface area contributed by atoms with E-state index in [0.29, 0.717) is 5.25 Å². The normalized spacial score (nSPS) is 12.0. The van der Waals surface area contributed by atoms with E-state index in [2.05, 4.69) is 10.1 Å². The van der Waals surface area contributed by atoms with Crippen LogP contribution in [0.1, 0.15) is 26.7 Å². The summed E-state index contributed by atoms with van der Waals surface area (Å²) in [5, 5.41) is 11.6. The van der Waals surface area contributed by atoms with Crippen LogP contribution in [0, 0.1) is 0 Å². The lowest BCUT2D eigenvalue weighted by Crippen LogP contribution is -2.42. The van der Waals surface area contributed by atoms with Crippen molar-refractivity contribution in [3.63, 3.8) is 0 Å². The fourth-order valence-corrected chi connectivity index (χ4v) is 1.67. The molecule has 0 aromatic rings. The van der Waals surface area contributed by atoms with Crippen LogP contribution in [0.15, 0.2) is 0 Å². The molecule has 1 amide bonds. The number of methoxy groups -OCH3 is 1. The molecule has 0 aromatic heterocycles. The van der Waals surface area contributed by atoms with Gasteiger partial charge in [-0.3, -0.25) is 9.59 Å². The summed E-state index contributed by atoms with van der Waals surface area (Å²) in [6.45, 7) is 3.90. The van der Waals surface area contributed by atoms with E-state index < -0.39 is 18.0 Å². The Kier molecular flexibility index (Phi) is 8.19. The summed E-state index contributed by atoms with van der Waals surface area (Å²) < 4.78 is 4.42. The van der Waals surface area contributed by atoms with Crippen molar-refractivity contribution in [1.29, 1.82) is 0 Å². The first-order chi connectivity index (χ1) is 8.36. The molecule has 0 spiro atoms. The Balaban J connectivity index is 4.15. The van der Waals surface area contributed by atoms with Gasteiger partial charge in [0.1, 0.15) is 6.04 Å². The van der Waals surface area contributed by atoms with Crippen molar-refractivity contribution in [2.75, 3.05) is 12.9 Å². The van der Waals surface area contributed by atoms with Crippen LogP contribution in [0.4, 0.5) is 0 Å². The SMILES string of the molecule is COC(=O)CCC(NC(=O)CSC(C)C)C(=O)O. The topological polar surface area (TPSA) is 92.7 Å². The summed E-state index contributed by atoms with van der Waals surface area (Å²) in [6.07, 6.45) is -0.00877. The molecule has 0 saturated carbocycles. The molecule has 1 unspecified atom stereocenters. The first-order valence-electron chi connectivity index (χ1n) is 5.57. The van der Waals surface area contributed by atoms with Gasteiger partial charge in [0.25, 0.3) is 0 Å². The lowest BCUT2D eigenvalue weighted by molar-refractivity contribution is -0.143. The van der Waals surface area contributed by atoms with E-state index in [1.165, 1.54) is 18.9 Å². The molecular weight excluding hydrogens is 258 g/mol. The molecule has 0 heterocycles. The van der Waals surface area contributed by atoms with E-state index in [1.807, 2.05) is 13.8 Å². The number of carbonyl (C=O) groups is 3. The summed E-state index contributed by atoms with van der Waals surface area (Å²) >= 11 is 1.43. The number of esters is 1. The average Bonchev–Trinajstić information content (AvgIpc) is 2.30. The van der Waals surface area contributed by atoms with Crippen LogP contribution in [0.2, 0.25) is 0 Å². The number of ether oxygens (including phenoxy) is 1. The van der Waals surface area contributed by atoms with Gasteiger partial charge in [-0.15, -0.1) is 11.8 Å². The van der Waals surface area contributed by atoms with Crippen molar-refractivity contribution < 1.29 is 24.2 Å². The van der Waals surface area contributed by atoms with Crippen molar-refractivity contribution in [2.45, 2.75) is 38.0 Å². The van der Waals surface area contributed by atoms with Gasteiger partial charge in [0.2, 0.25) is 5.91 Å². The highest BCUT2D eigenvalue weighted by Gasteiger charge is 2.21. The fourth-order valence-electron chi connectivity index (χ4n) is 1.10. The minimum absolute atomic E-state index is 0.0279. The molecule has 6 nitrogen and oxygen atoms in total. The lowest BCUT2D eigenvalue weighted by Gasteiger charge is -2.14. The van der Waals surface area contributed by atoms with Crippen LogP contribution in [-0.2, 0) is 19.1 Å². The minimum Gasteiger partial charge on any atom is -0.480 e. The first kappa shape index (κ1) is 16.8. The maximum absolute atomic E-state index is 11.5. The third-order valence-electron chi connectivity index (χ3n) is 2.05. The van der Waals surface area contributed by atoms with Gasteiger partial charge in [-0.25, -0.2) is 4.79 Å². The molecule has 2 N–H and O–H groups in total. The molecule has 0 fully saturated rings. The van der Waals surface area contributed by atoms with Crippen LogP contribution in [0.3, 0.4) is 0 Å². The second-order valence-corrected chi connectivity index (χ2v) is 5.50. The van der Waals surface area contributed by atoms with Crippen molar-refractivity contribution >= 4 is 29.6 Å². The van der Waals surface area contributed by atoms with Crippen LogP contribution in [0.5, 0.6) is 0 Å². The van der Waals surface area contributed by atoms with Gasteiger partial charge >= 0.3 is 11.9 Å². The largest absolute Gasteiger partial charge is 0.480 e. The number of carboxylic acids is 1. The second-order valence-electron chi connectivity index (χ2n) is 3.93. The van der Waals surface area contributed by atoms with E-state index in [4.69, 9.17) is 5.11 Å². The van der Waals surface area contributed by atoms with Crippen molar-refractivity contribution in [1.82, 2.24) is 5.32 Å². The number of amides is 1. The Morgan fingerprint density at radius 2 is 1.94 bits per heavy atom. The second kappa shape index (κ2) is 8.79. The summed E-state index contributed by atoms with van der Waals surface area (Å²) in [4.78, 5) is 33.3. The number of hydrogen-bond donors (Lipinski definition) is 2. The van der Waals surface area contributed by atoms with E-state index in [-0.39, 0.29) is 24.5 Å². The van der Waals surface area contributed by atoms with Gasteiger partial charge in [-0.1, -0.05) is 13.8 Å². The third-order valence-corrected chi connectivity index (χ3v) is 3.14. The van der Waals surface area contributed by atoms with Crippen LogP contribution in [0.25, 0.3) is 0 Å². The van der Waals surface area contributed by atoms with Crippen LogP contribution < -0.4 is 5.32 Å². The number of hydrogen-bond acceptors (Lipinski definition) is 5. The van der Waals surface area contributed by atoms with Gasteiger partial charge in [0.05, 0.1) is 12.9 Å². The number of rotatable bonds is 8. The van der Waals surface area contributed by atoms with E-state index in [1.54, 1.807) is 0 Å². The number of thioether (sulfide) groups is 1. The molecule has 0 aromatic carbocycles. The zero-order chi connectivity index (χ0) is 14.1. The Bertz CT molecular complexity index is 306. The average molecular weight is 277 g/mol. The quantitative estimate of drug-likeness (QED) is 0.633. The standard InChI is InChI=1S/C11H19NO5S/c1-7(2)18-6-9(13)12-8(11(15)16)4-5-10(14)17-3/h7-8H,4-6H2,1-3H3,(H,12,13)(H,15,16). The molecule has 0 radical (unpaired) electrons. The van der Waals surface area contributed by atoms with Crippen molar-refractivity contribution in [3.8, 4) is 0 Å². The van der Waals surface area contributed by atoms with Gasteiger partial charge < -0.3 is 15.2 Å². The van der Waals surface area contributed by atoms with E-state index >= 15 is 0 Å². The predicted molar refractivity (Wildman–Crippen MR) is 68.4 cm³/mol. The molecule has 0 aliphatic carbocycles. The van der Waals surface area contributed by atoms with E-state index in [9.17, 15) is 14.4 Å². The summed E-state index contributed by atoms with van der Waals surface area (Å²) in [5.74, 6) is -1.78. The molecule has 18 heavy (non-hydrogen) atoms. The molecule has 0 bridgehead atoms. The molecule has 0 saturated heterocycles. The zero-order valence-corrected chi connectivity index (χ0v) is 11.6. The molecular formula is C11H19NO5S. The molecule has 1 atom stereocenters. The Labute approximate surface area is 110 Å². The summed E-state index contributed by atoms with van der Waals surface area (Å²) in [6, 6.07) is -1.05. The number of carbonyl (C=O) groups excluding carboxylic acids is 2. The fraction of sp³-hybridized carbons (Fsp3) is 0.727. The number of carboxylic acid groups (broad SMARTS) is 1. The van der Waals surface area contributed by atoms with Crippen LogP contribution >= 0.6 is 11.8 Å². The maximum atomic E-state index is 11.5. The molecule has 0 rings (SSSR count). The molecule has 0 aliphatic heterocycles. The minimum atomic E-state index is -1.15. The smallest absolute Gasteiger partial charge is 0.326 e. The Hall–Kier alpha value is -1.24. The van der Waals surface area contributed by atoms with Gasteiger partial charge in [-0.05, 0) is 11.7 Å². The Morgan fingerprint density at radius 3 is 2.39 bits per heavy atom. The molecule has 104 valence electrons. The van der Waals surface area contributed by atoms with E-state index in [0.717, 1.165) is 0 Å². The Morgan fingerprint density at radius 1 is 1.33 bits per heavy atom. The first-order valence-corrected chi connectivity index (χ1v) is 6.62.